The first kappa shape index (κ1) is 17.0. The second-order valence-corrected chi connectivity index (χ2v) is 8.40. The summed E-state index contributed by atoms with van der Waals surface area (Å²) < 4.78 is 31.3. The molecule has 0 spiro atoms. The summed E-state index contributed by atoms with van der Waals surface area (Å²) in [6, 6.07) is 17.4. The molecule has 0 amide bonds. The molecule has 3 rings (SSSR count). The van der Waals surface area contributed by atoms with Gasteiger partial charge in [0, 0.05) is 18.1 Å². The molecule has 3 atom stereocenters. The van der Waals surface area contributed by atoms with Gasteiger partial charge in [-0.25, -0.2) is 8.42 Å². The topological polar surface area (TPSA) is 67.2 Å². The quantitative estimate of drug-likeness (QED) is 0.818. The van der Waals surface area contributed by atoms with Gasteiger partial charge in [0.05, 0.1) is 22.8 Å². The molecule has 1 saturated carbocycles. The van der Waals surface area contributed by atoms with E-state index in [9.17, 15) is 13.7 Å². The highest BCUT2D eigenvalue weighted by molar-refractivity contribution is 7.92. The van der Waals surface area contributed by atoms with Crippen molar-refractivity contribution in [2.75, 3.05) is 13.7 Å². The number of ether oxygens (including phenoxy) is 1. The maximum atomic E-state index is 13.1. The van der Waals surface area contributed by atoms with E-state index >= 15 is 0 Å². The van der Waals surface area contributed by atoms with Crippen molar-refractivity contribution in [3.63, 3.8) is 0 Å². The number of halogens is 1. The van der Waals surface area contributed by atoms with Crippen LogP contribution < -0.4 is 0 Å². The van der Waals surface area contributed by atoms with Crippen LogP contribution >= 0.6 is 11.6 Å². The van der Waals surface area contributed by atoms with Crippen molar-refractivity contribution in [2.45, 2.75) is 16.1 Å². The van der Waals surface area contributed by atoms with Crippen LogP contribution in [0.2, 0.25) is 5.02 Å². The second-order valence-electron chi connectivity index (χ2n) is 5.89. The summed E-state index contributed by atoms with van der Waals surface area (Å²) in [6.07, 6.45) is 0. The second kappa shape index (κ2) is 6.21. The Labute approximate surface area is 146 Å². The van der Waals surface area contributed by atoms with E-state index in [2.05, 4.69) is 6.07 Å². The Bertz CT molecular complexity index is 875. The molecular formula is C18H16ClNO3S. The SMILES string of the molecule is COC[C@]1(C#N)[C@@H](c2ccc(Cl)cc2)[C@@H]1S(=O)(=O)c1ccccc1. The van der Waals surface area contributed by atoms with Crippen molar-refractivity contribution in [2.24, 2.45) is 5.41 Å². The van der Waals surface area contributed by atoms with Crippen molar-refractivity contribution in [1.29, 1.82) is 5.26 Å². The molecule has 1 aliphatic carbocycles. The minimum atomic E-state index is -3.65. The Kier molecular flexibility index (Phi) is 4.39. The van der Waals surface area contributed by atoms with Crippen LogP contribution in [-0.2, 0) is 14.6 Å². The third kappa shape index (κ3) is 2.61. The first-order valence-corrected chi connectivity index (χ1v) is 9.34. The molecular weight excluding hydrogens is 346 g/mol. The van der Waals surface area contributed by atoms with Gasteiger partial charge in [-0.2, -0.15) is 5.26 Å². The molecule has 6 heteroatoms. The van der Waals surface area contributed by atoms with E-state index in [0.717, 1.165) is 5.56 Å². The van der Waals surface area contributed by atoms with Crippen molar-refractivity contribution in [3.05, 3.63) is 65.2 Å². The predicted molar refractivity (Wildman–Crippen MR) is 91.5 cm³/mol. The van der Waals surface area contributed by atoms with E-state index in [1.807, 2.05) is 0 Å². The van der Waals surface area contributed by atoms with Gasteiger partial charge in [0.1, 0.15) is 5.41 Å². The van der Waals surface area contributed by atoms with Gasteiger partial charge in [-0.3, -0.25) is 0 Å². The Balaban J connectivity index is 2.08. The van der Waals surface area contributed by atoms with Crippen LogP contribution in [0.4, 0.5) is 0 Å². The molecule has 2 aromatic carbocycles. The number of benzene rings is 2. The molecule has 24 heavy (non-hydrogen) atoms. The van der Waals surface area contributed by atoms with Crippen LogP contribution in [0.1, 0.15) is 11.5 Å². The lowest BCUT2D eigenvalue weighted by molar-refractivity contribution is 0.162. The number of rotatable bonds is 5. The molecule has 0 N–H and O–H groups in total. The highest BCUT2D eigenvalue weighted by Gasteiger charge is 2.72. The molecule has 0 aromatic heterocycles. The van der Waals surface area contributed by atoms with E-state index in [0.29, 0.717) is 5.02 Å². The number of nitrogens with zero attached hydrogens (tertiary/aromatic N) is 1. The van der Waals surface area contributed by atoms with E-state index in [-0.39, 0.29) is 11.5 Å². The van der Waals surface area contributed by atoms with Gasteiger partial charge >= 0.3 is 0 Å². The van der Waals surface area contributed by atoms with Crippen LogP contribution in [0, 0.1) is 16.7 Å². The lowest BCUT2D eigenvalue weighted by atomic mass is 10.0. The monoisotopic (exact) mass is 361 g/mol. The Hall–Kier alpha value is -1.87. The third-order valence-corrected chi connectivity index (χ3v) is 7.03. The zero-order valence-electron chi connectivity index (χ0n) is 13.0. The summed E-state index contributed by atoms with van der Waals surface area (Å²) in [7, 11) is -2.18. The molecule has 0 saturated heterocycles. The lowest BCUT2D eigenvalue weighted by Crippen LogP contribution is -2.19. The third-order valence-electron chi connectivity index (χ3n) is 4.48. The summed E-state index contributed by atoms with van der Waals surface area (Å²) in [6.45, 7) is 0.0630. The molecule has 2 aromatic rings. The minimum absolute atomic E-state index is 0.0630. The van der Waals surface area contributed by atoms with Gasteiger partial charge < -0.3 is 4.74 Å². The van der Waals surface area contributed by atoms with Crippen molar-refractivity contribution in [1.82, 2.24) is 0 Å². The summed E-state index contributed by atoms with van der Waals surface area (Å²) in [4.78, 5) is 0.224. The maximum Gasteiger partial charge on any atom is 0.183 e. The average molecular weight is 362 g/mol. The fourth-order valence-corrected chi connectivity index (χ4v) is 5.79. The molecule has 1 aliphatic rings. The molecule has 0 unspecified atom stereocenters. The summed E-state index contributed by atoms with van der Waals surface area (Å²) in [5.41, 5.74) is -0.306. The van der Waals surface area contributed by atoms with Gasteiger partial charge in [-0.05, 0) is 29.8 Å². The molecule has 0 radical (unpaired) electrons. The van der Waals surface area contributed by atoms with Crippen molar-refractivity contribution >= 4 is 21.4 Å². The van der Waals surface area contributed by atoms with Crippen LogP contribution in [0.15, 0.2) is 59.5 Å². The van der Waals surface area contributed by atoms with Gasteiger partial charge in [0.25, 0.3) is 0 Å². The highest BCUT2D eigenvalue weighted by atomic mass is 35.5. The maximum absolute atomic E-state index is 13.1. The molecule has 124 valence electrons. The first-order chi connectivity index (χ1) is 11.5. The van der Waals surface area contributed by atoms with Crippen LogP contribution in [0.3, 0.4) is 0 Å². The Morgan fingerprint density at radius 1 is 1.17 bits per heavy atom. The van der Waals surface area contributed by atoms with Crippen LogP contribution in [-0.4, -0.2) is 27.4 Å². The van der Waals surface area contributed by atoms with Gasteiger partial charge in [0.15, 0.2) is 9.84 Å². The first-order valence-electron chi connectivity index (χ1n) is 7.42. The number of hydrogen-bond donors (Lipinski definition) is 0. The fraction of sp³-hybridized carbons (Fsp3) is 0.278. The Morgan fingerprint density at radius 2 is 1.79 bits per heavy atom. The van der Waals surface area contributed by atoms with E-state index < -0.39 is 26.4 Å². The largest absolute Gasteiger partial charge is 0.383 e. The average Bonchev–Trinajstić information content (AvgIpc) is 3.26. The number of hydrogen-bond acceptors (Lipinski definition) is 4. The summed E-state index contributed by atoms with van der Waals surface area (Å²) in [5.74, 6) is -0.440. The normalized spacial score (nSPS) is 25.9. The predicted octanol–water partition coefficient (Wildman–Crippen LogP) is 3.44. The number of nitriles is 1. The molecule has 4 nitrogen and oxygen atoms in total. The number of sulfone groups is 1. The summed E-state index contributed by atoms with van der Waals surface area (Å²) in [5, 5.41) is 9.47. The Morgan fingerprint density at radius 3 is 2.33 bits per heavy atom. The molecule has 0 aliphatic heterocycles. The highest BCUT2D eigenvalue weighted by Crippen LogP contribution is 2.63. The molecule has 1 fully saturated rings. The van der Waals surface area contributed by atoms with E-state index in [4.69, 9.17) is 16.3 Å². The van der Waals surface area contributed by atoms with E-state index in [1.54, 1.807) is 54.6 Å². The van der Waals surface area contributed by atoms with Gasteiger partial charge in [0.2, 0.25) is 0 Å². The zero-order chi connectivity index (χ0) is 17.4. The number of methoxy groups -OCH3 is 1. The lowest BCUT2D eigenvalue weighted by Gasteiger charge is -2.08. The van der Waals surface area contributed by atoms with Gasteiger partial charge in [-0.1, -0.05) is 41.9 Å². The van der Waals surface area contributed by atoms with Crippen molar-refractivity contribution in [3.8, 4) is 6.07 Å². The van der Waals surface area contributed by atoms with Gasteiger partial charge in [-0.15, -0.1) is 0 Å². The zero-order valence-corrected chi connectivity index (χ0v) is 14.6. The molecule has 0 bridgehead atoms. The standard InChI is InChI=1S/C18H16ClNO3S/c1-23-12-18(11-20)16(13-7-9-14(19)10-8-13)17(18)24(21,22)15-5-3-2-4-6-15/h2-10,16-17H,12H2,1H3/t16-,17-,18+/m0/s1. The smallest absolute Gasteiger partial charge is 0.183 e. The minimum Gasteiger partial charge on any atom is -0.383 e. The molecule has 0 heterocycles. The van der Waals surface area contributed by atoms with Crippen LogP contribution in [0.25, 0.3) is 0 Å². The fourth-order valence-electron chi connectivity index (χ4n) is 3.34. The van der Waals surface area contributed by atoms with Crippen molar-refractivity contribution < 1.29 is 13.2 Å². The summed E-state index contributed by atoms with van der Waals surface area (Å²) >= 11 is 5.92. The van der Waals surface area contributed by atoms with E-state index in [1.165, 1.54) is 7.11 Å². The van der Waals surface area contributed by atoms with Crippen LogP contribution in [0.5, 0.6) is 0 Å².